The summed E-state index contributed by atoms with van der Waals surface area (Å²) in [6.07, 6.45) is 0.252. The molecule has 100 valence electrons. The van der Waals surface area contributed by atoms with Crippen molar-refractivity contribution in [2.24, 2.45) is 0 Å². The highest BCUT2D eigenvalue weighted by molar-refractivity contribution is 6.42. The van der Waals surface area contributed by atoms with Crippen LogP contribution in [-0.4, -0.2) is 44.3 Å². The Kier molecular flexibility index (Phi) is 5.27. The van der Waals surface area contributed by atoms with Crippen LogP contribution in [0.2, 0.25) is 10.0 Å². The predicted molar refractivity (Wildman–Crippen MR) is 75.4 cm³/mol. The minimum atomic E-state index is 0.252. The van der Waals surface area contributed by atoms with Crippen molar-refractivity contribution < 1.29 is 4.74 Å². The third-order valence-corrected chi connectivity index (χ3v) is 3.85. The van der Waals surface area contributed by atoms with Gasteiger partial charge in [-0.1, -0.05) is 35.3 Å². The lowest BCUT2D eigenvalue weighted by Gasteiger charge is -2.28. The van der Waals surface area contributed by atoms with Crippen molar-refractivity contribution in [2.45, 2.75) is 12.6 Å². The van der Waals surface area contributed by atoms with E-state index in [1.807, 2.05) is 18.2 Å². The molecule has 1 atom stereocenters. The highest BCUT2D eigenvalue weighted by Gasteiger charge is 2.16. The van der Waals surface area contributed by atoms with Gasteiger partial charge in [0.25, 0.3) is 0 Å². The second-order valence-corrected chi connectivity index (χ2v) is 5.39. The van der Waals surface area contributed by atoms with Crippen LogP contribution < -0.4 is 5.32 Å². The molecule has 1 aromatic carbocycles. The summed E-state index contributed by atoms with van der Waals surface area (Å²) < 4.78 is 5.68. The fourth-order valence-electron chi connectivity index (χ4n) is 2.11. The highest BCUT2D eigenvalue weighted by Crippen LogP contribution is 2.26. The molecule has 1 saturated heterocycles. The molecule has 1 fully saturated rings. The molecule has 1 aromatic rings. The molecule has 0 aliphatic carbocycles. The van der Waals surface area contributed by atoms with E-state index in [-0.39, 0.29) is 6.10 Å². The number of benzene rings is 1. The van der Waals surface area contributed by atoms with Crippen LogP contribution in [-0.2, 0) is 11.3 Å². The highest BCUT2D eigenvalue weighted by atomic mass is 35.5. The zero-order chi connectivity index (χ0) is 13.0. The maximum Gasteiger partial charge on any atom is 0.0826 e. The lowest BCUT2D eigenvalue weighted by molar-refractivity contribution is 0.00885. The molecule has 0 saturated carbocycles. The molecule has 1 N–H and O–H groups in total. The molecular formula is C13H18Cl2N2O. The van der Waals surface area contributed by atoms with Crippen LogP contribution in [0.4, 0.5) is 0 Å². The zero-order valence-corrected chi connectivity index (χ0v) is 12.0. The average Bonchev–Trinajstić information content (AvgIpc) is 2.36. The second kappa shape index (κ2) is 6.73. The molecule has 0 aromatic heterocycles. The summed E-state index contributed by atoms with van der Waals surface area (Å²) in [4.78, 5) is 2.20. The SMILES string of the molecule is CN(Cc1cccc(Cl)c1Cl)CC1CNCCO1. The van der Waals surface area contributed by atoms with Crippen molar-refractivity contribution in [2.75, 3.05) is 33.3 Å². The van der Waals surface area contributed by atoms with Crippen LogP contribution in [0, 0.1) is 0 Å². The number of hydrogen-bond donors (Lipinski definition) is 1. The molecule has 0 bridgehead atoms. The van der Waals surface area contributed by atoms with Crippen molar-refractivity contribution in [3.05, 3.63) is 33.8 Å². The number of likely N-dealkylation sites (N-methyl/N-ethyl adjacent to an activating group) is 1. The standard InChI is InChI=1S/C13H18Cl2N2O/c1-17(9-11-7-16-5-6-18-11)8-10-3-2-4-12(14)13(10)15/h2-4,11,16H,5-9H2,1H3. The monoisotopic (exact) mass is 288 g/mol. The van der Waals surface area contributed by atoms with Gasteiger partial charge in [-0.2, -0.15) is 0 Å². The Morgan fingerprint density at radius 2 is 2.28 bits per heavy atom. The molecule has 1 heterocycles. The van der Waals surface area contributed by atoms with Crippen LogP contribution in [0.5, 0.6) is 0 Å². The van der Waals surface area contributed by atoms with Gasteiger partial charge in [0.05, 0.1) is 22.8 Å². The van der Waals surface area contributed by atoms with Gasteiger partial charge < -0.3 is 10.1 Å². The Balaban J connectivity index is 1.90. The van der Waals surface area contributed by atoms with Crippen molar-refractivity contribution in [1.29, 1.82) is 0 Å². The molecule has 1 aliphatic heterocycles. The Hall–Kier alpha value is -0.320. The van der Waals surface area contributed by atoms with E-state index in [1.54, 1.807) is 0 Å². The molecule has 1 unspecified atom stereocenters. The number of halogens is 2. The zero-order valence-electron chi connectivity index (χ0n) is 10.5. The third-order valence-electron chi connectivity index (χ3n) is 2.99. The van der Waals surface area contributed by atoms with Gasteiger partial charge in [0.1, 0.15) is 0 Å². The molecule has 0 radical (unpaired) electrons. The van der Waals surface area contributed by atoms with E-state index < -0.39 is 0 Å². The van der Waals surface area contributed by atoms with Gasteiger partial charge in [0.15, 0.2) is 0 Å². The summed E-state index contributed by atoms with van der Waals surface area (Å²) in [6.45, 7) is 4.31. The maximum absolute atomic E-state index is 6.18. The van der Waals surface area contributed by atoms with Crippen molar-refractivity contribution >= 4 is 23.2 Å². The van der Waals surface area contributed by atoms with Crippen molar-refractivity contribution in [3.8, 4) is 0 Å². The first kappa shape index (κ1) is 14.1. The van der Waals surface area contributed by atoms with Gasteiger partial charge in [-0.25, -0.2) is 0 Å². The number of rotatable bonds is 4. The molecule has 0 amide bonds. The molecule has 0 spiro atoms. The maximum atomic E-state index is 6.18. The van der Waals surface area contributed by atoms with Crippen molar-refractivity contribution in [3.63, 3.8) is 0 Å². The largest absolute Gasteiger partial charge is 0.374 e. The van der Waals surface area contributed by atoms with Crippen LogP contribution in [0.25, 0.3) is 0 Å². The Labute approximate surface area is 118 Å². The smallest absolute Gasteiger partial charge is 0.0826 e. The van der Waals surface area contributed by atoms with Crippen LogP contribution in [0.1, 0.15) is 5.56 Å². The van der Waals surface area contributed by atoms with Crippen molar-refractivity contribution in [1.82, 2.24) is 10.2 Å². The molecule has 5 heteroatoms. The van der Waals surface area contributed by atoms with E-state index in [0.717, 1.165) is 38.3 Å². The quantitative estimate of drug-likeness (QED) is 0.921. The Bertz CT molecular complexity index is 395. The first-order chi connectivity index (χ1) is 8.66. The summed E-state index contributed by atoms with van der Waals surface area (Å²) in [5.41, 5.74) is 1.05. The fourth-order valence-corrected chi connectivity index (χ4v) is 2.49. The first-order valence-corrected chi connectivity index (χ1v) is 6.86. The van der Waals surface area contributed by atoms with Crippen LogP contribution in [0.15, 0.2) is 18.2 Å². The lowest BCUT2D eigenvalue weighted by Crippen LogP contribution is -2.44. The van der Waals surface area contributed by atoms with E-state index >= 15 is 0 Å². The van der Waals surface area contributed by atoms with Gasteiger partial charge in [0.2, 0.25) is 0 Å². The Morgan fingerprint density at radius 3 is 3.00 bits per heavy atom. The normalized spacial score (nSPS) is 20.3. The van der Waals surface area contributed by atoms with E-state index in [9.17, 15) is 0 Å². The number of hydrogen-bond acceptors (Lipinski definition) is 3. The van der Waals surface area contributed by atoms with E-state index in [1.165, 1.54) is 0 Å². The summed E-state index contributed by atoms with van der Waals surface area (Å²) in [5, 5.41) is 4.58. The molecular weight excluding hydrogens is 271 g/mol. The summed E-state index contributed by atoms with van der Waals surface area (Å²) >= 11 is 12.2. The number of ether oxygens (including phenoxy) is 1. The second-order valence-electron chi connectivity index (χ2n) is 4.61. The van der Waals surface area contributed by atoms with Crippen LogP contribution >= 0.6 is 23.2 Å². The summed E-state index contributed by atoms with van der Waals surface area (Å²) in [7, 11) is 2.06. The number of morpholine rings is 1. The lowest BCUT2D eigenvalue weighted by atomic mass is 10.2. The predicted octanol–water partition coefficient (Wildman–Crippen LogP) is 2.41. The molecule has 3 nitrogen and oxygen atoms in total. The van der Waals surface area contributed by atoms with Crippen LogP contribution in [0.3, 0.4) is 0 Å². The van der Waals surface area contributed by atoms with E-state index in [0.29, 0.717) is 10.0 Å². The third kappa shape index (κ3) is 3.84. The van der Waals surface area contributed by atoms with Gasteiger partial charge in [-0.15, -0.1) is 0 Å². The summed E-state index contributed by atoms with van der Waals surface area (Å²) in [5.74, 6) is 0. The molecule has 18 heavy (non-hydrogen) atoms. The summed E-state index contributed by atoms with van der Waals surface area (Å²) in [6, 6.07) is 5.74. The van der Waals surface area contributed by atoms with E-state index in [2.05, 4.69) is 17.3 Å². The topological polar surface area (TPSA) is 24.5 Å². The minimum Gasteiger partial charge on any atom is -0.374 e. The average molecular weight is 289 g/mol. The number of nitrogens with zero attached hydrogens (tertiary/aromatic N) is 1. The Morgan fingerprint density at radius 1 is 1.44 bits per heavy atom. The van der Waals surface area contributed by atoms with E-state index in [4.69, 9.17) is 27.9 Å². The van der Waals surface area contributed by atoms with Gasteiger partial charge in [0, 0.05) is 26.2 Å². The minimum absolute atomic E-state index is 0.252. The molecule has 1 aliphatic rings. The number of nitrogens with one attached hydrogen (secondary N) is 1. The van der Waals surface area contributed by atoms with Gasteiger partial charge in [-0.3, -0.25) is 4.90 Å². The first-order valence-electron chi connectivity index (χ1n) is 6.10. The molecule has 2 rings (SSSR count). The fraction of sp³-hybridized carbons (Fsp3) is 0.538. The van der Waals surface area contributed by atoms with Gasteiger partial charge >= 0.3 is 0 Å². The van der Waals surface area contributed by atoms with Gasteiger partial charge in [-0.05, 0) is 18.7 Å².